The zero-order chi connectivity index (χ0) is 15.1. The van der Waals surface area contributed by atoms with E-state index in [2.05, 4.69) is 54.6 Å². The molecule has 0 saturated heterocycles. The Kier molecular flexibility index (Phi) is 5.51. The summed E-state index contributed by atoms with van der Waals surface area (Å²) in [5.41, 5.74) is 3.12. The zero-order valence-electron chi connectivity index (χ0n) is 12.6. The van der Waals surface area contributed by atoms with Gasteiger partial charge in [-0.3, -0.25) is 0 Å². The summed E-state index contributed by atoms with van der Waals surface area (Å²) in [5, 5.41) is 12.5. The average Bonchev–Trinajstić information content (AvgIpc) is 2.52. The first-order chi connectivity index (χ1) is 10.2. The van der Waals surface area contributed by atoms with E-state index in [0.29, 0.717) is 5.56 Å². The van der Waals surface area contributed by atoms with E-state index in [1.54, 1.807) is 0 Å². The molecular formula is C18H21N3. The largest absolute Gasteiger partial charge is 0.308 e. The Morgan fingerprint density at radius 1 is 1.10 bits per heavy atom. The molecule has 3 heteroatoms. The van der Waals surface area contributed by atoms with Gasteiger partial charge in [-0.25, -0.2) is 0 Å². The Labute approximate surface area is 126 Å². The van der Waals surface area contributed by atoms with Gasteiger partial charge in [-0.05, 0) is 37.4 Å². The van der Waals surface area contributed by atoms with Crippen molar-refractivity contribution in [3.05, 3.63) is 71.3 Å². The Morgan fingerprint density at radius 3 is 2.52 bits per heavy atom. The predicted molar refractivity (Wildman–Crippen MR) is 85.7 cm³/mol. The highest BCUT2D eigenvalue weighted by Gasteiger charge is 2.11. The van der Waals surface area contributed by atoms with Gasteiger partial charge in [0.2, 0.25) is 0 Å². The molecule has 0 amide bonds. The maximum atomic E-state index is 8.96. The SMILES string of the molecule is CN(C)CC(NCc1cccc(C#N)c1)c1ccccc1. The molecule has 3 nitrogen and oxygen atoms in total. The van der Waals surface area contributed by atoms with Crippen molar-refractivity contribution >= 4 is 0 Å². The highest BCUT2D eigenvalue weighted by atomic mass is 15.1. The fourth-order valence-electron chi connectivity index (χ4n) is 2.33. The van der Waals surface area contributed by atoms with Crippen LogP contribution in [0.25, 0.3) is 0 Å². The summed E-state index contributed by atoms with van der Waals surface area (Å²) in [5.74, 6) is 0. The van der Waals surface area contributed by atoms with Crippen LogP contribution in [0, 0.1) is 11.3 Å². The summed E-state index contributed by atoms with van der Waals surface area (Å²) in [7, 11) is 4.15. The molecule has 108 valence electrons. The molecule has 21 heavy (non-hydrogen) atoms. The lowest BCUT2D eigenvalue weighted by atomic mass is 10.1. The van der Waals surface area contributed by atoms with E-state index in [9.17, 15) is 0 Å². The molecule has 2 aromatic rings. The van der Waals surface area contributed by atoms with E-state index >= 15 is 0 Å². The van der Waals surface area contributed by atoms with Crippen LogP contribution in [0.4, 0.5) is 0 Å². The van der Waals surface area contributed by atoms with Gasteiger partial charge in [0.25, 0.3) is 0 Å². The molecule has 1 N–H and O–H groups in total. The van der Waals surface area contributed by atoms with Crippen LogP contribution in [0.15, 0.2) is 54.6 Å². The third-order valence-corrected chi connectivity index (χ3v) is 3.36. The summed E-state index contributed by atoms with van der Waals surface area (Å²) < 4.78 is 0. The molecule has 0 saturated carbocycles. The van der Waals surface area contributed by atoms with Gasteiger partial charge in [0, 0.05) is 19.1 Å². The van der Waals surface area contributed by atoms with E-state index in [1.807, 2.05) is 30.3 Å². The van der Waals surface area contributed by atoms with Crippen LogP contribution in [0.1, 0.15) is 22.7 Å². The second kappa shape index (κ2) is 7.58. The number of hydrogen-bond donors (Lipinski definition) is 1. The summed E-state index contributed by atoms with van der Waals surface area (Å²) >= 11 is 0. The third kappa shape index (κ3) is 4.71. The van der Waals surface area contributed by atoms with E-state index in [1.165, 1.54) is 5.56 Å². The van der Waals surface area contributed by atoms with Crippen molar-refractivity contribution in [2.24, 2.45) is 0 Å². The van der Waals surface area contributed by atoms with Crippen LogP contribution >= 0.6 is 0 Å². The van der Waals surface area contributed by atoms with E-state index in [-0.39, 0.29) is 6.04 Å². The minimum Gasteiger partial charge on any atom is -0.308 e. The molecule has 1 atom stereocenters. The Balaban J connectivity index is 2.07. The first kappa shape index (κ1) is 15.2. The zero-order valence-corrected chi connectivity index (χ0v) is 12.6. The van der Waals surface area contributed by atoms with Gasteiger partial charge < -0.3 is 10.2 Å². The Morgan fingerprint density at radius 2 is 1.86 bits per heavy atom. The van der Waals surface area contributed by atoms with Crippen molar-refractivity contribution in [2.45, 2.75) is 12.6 Å². The van der Waals surface area contributed by atoms with Crippen LogP contribution in [0.5, 0.6) is 0 Å². The standard InChI is InChI=1S/C18H21N3/c1-21(2)14-18(17-9-4-3-5-10-17)20-13-16-8-6-7-15(11-16)12-19/h3-11,18,20H,13-14H2,1-2H3. The van der Waals surface area contributed by atoms with Crippen molar-refractivity contribution in [2.75, 3.05) is 20.6 Å². The predicted octanol–water partition coefficient (Wildman–Crippen LogP) is 2.95. The maximum Gasteiger partial charge on any atom is 0.0991 e. The van der Waals surface area contributed by atoms with Gasteiger partial charge in [-0.15, -0.1) is 0 Å². The smallest absolute Gasteiger partial charge is 0.0991 e. The molecule has 0 aliphatic heterocycles. The molecular weight excluding hydrogens is 258 g/mol. The third-order valence-electron chi connectivity index (χ3n) is 3.36. The topological polar surface area (TPSA) is 39.1 Å². The lowest BCUT2D eigenvalue weighted by Crippen LogP contribution is -2.30. The van der Waals surface area contributed by atoms with Crippen LogP contribution in [-0.2, 0) is 6.54 Å². The first-order valence-corrected chi connectivity index (χ1v) is 7.11. The first-order valence-electron chi connectivity index (χ1n) is 7.11. The van der Waals surface area contributed by atoms with Gasteiger partial charge in [-0.2, -0.15) is 5.26 Å². The lowest BCUT2D eigenvalue weighted by molar-refractivity contribution is 0.340. The van der Waals surface area contributed by atoms with Crippen LogP contribution in [0.2, 0.25) is 0 Å². The van der Waals surface area contributed by atoms with Crippen molar-refractivity contribution in [3.8, 4) is 6.07 Å². The minimum absolute atomic E-state index is 0.270. The monoisotopic (exact) mass is 279 g/mol. The summed E-state index contributed by atoms with van der Waals surface area (Å²) in [6.07, 6.45) is 0. The Bertz CT molecular complexity index is 599. The minimum atomic E-state index is 0.270. The van der Waals surface area contributed by atoms with E-state index in [4.69, 9.17) is 5.26 Å². The second-order valence-corrected chi connectivity index (χ2v) is 5.42. The molecule has 0 aliphatic rings. The number of nitriles is 1. The van der Waals surface area contributed by atoms with Gasteiger partial charge in [0.05, 0.1) is 11.6 Å². The molecule has 0 radical (unpaired) electrons. The average molecular weight is 279 g/mol. The number of likely N-dealkylation sites (N-methyl/N-ethyl adjacent to an activating group) is 1. The molecule has 0 aliphatic carbocycles. The molecule has 1 unspecified atom stereocenters. The number of benzene rings is 2. The molecule has 0 aromatic heterocycles. The van der Waals surface area contributed by atoms with Crippen molar-refractivity contribution < 1.29 is 0 Å². The number of nitrogens with zero attached hydrogens (tertiary/aromatic N) is 2. The second-order valence-electron chi connectivity index (χ2n) is 5.42. The molecule has 0 bridgehead atoms. The molecule has 2 aromatic carbocycles. The van der Waals surface area contributed by atoms with E-state index < -0.39 is 0 Å². The van der Waals surface area contributed by atoms with Crippen molar-refractivity contribution in [3.63, 3.8) is 0 Å². The molecule has 2 rings (SSSR count). The van der Waals surface area contributed by atoms with E-state index in [0.717, 1.165) is 18.7 Å². The quantitative estimate of drug-likeness (QED) is 0.883. The van der Waals surface area contributed by atoms with Gasteiger partial charge in [0.15, 0.2) is 0 Å². The van der Waals surface area contributed by atoms with Crippen molar-refractivity contribution in [1.29, 1.82) is 5.26 Å². The highest BCUT2D eigenvalue weighted by molar-refractivity contribution is 5.32. The van der Waals surface area contributed by atoms with Crippen LogP contribution in [-0.4, -0.2) is 25.5 Å². The highest BCUT2D eigenvalue weighted by Crippen LogP contribution is 2.14. The van der Waals surface area contributed by atoms with Gasteiger partial charge in [-0.1, -0.05) is 42.5 Å². The van der Waals surface area contributed by atoms with Crippen LogP contribution in [0.3, 0.4) is 0 Å². The van der Waals surface area contributed by atoms with Gasteiger partial charge in [0.1, 0.15) is 0 Å². The number of rotatable bonds is 6. The summed E-state index contributed by atoms with van der Waals surface area (Å²) in [4.78, 5) is 2.18. The molecule has 0 spiro atoms. The lowest BCUT2D eigenvalue weighted by Gasteiger charge is -2.23. The summed E-state index contributed by atoms with van der Waals surface area (Å²) in [6.45, 7) is 1.69. The summed E-state index contributed by atoms with van der Waals surface area (Å²) in [6, 6.07) is 20.7. The van der Waals surface area contributed by atoms with Crippen LogP contribution < -0.4 is 5.32 Å². The molecule has 0 fully saturated rings. The fourth-order valence-corrected chi connectivity index (χ4v) is 2.33. The molecule has 0 heterocycles. The normalized spacial score (nSPS) is 12.1. The van der Waals surface area contributed by atoms with Gasteiger partial charge >= 0.3 is 0 Å². The Hall–Kier alpha value is -2.15. The fraction of sp³-hybridized carbons (Fsp3) is 0.278. The van der Waals surface area contributed by atoms with Crippen molar-refractivity contribution in [1.82, 2.24) is 10.2 Å². The maximum absolute atomic E-state index is 8.96. The number of hydrogen-bond acceptors (Lipinski definition) is 3. The number of nitrogens with one attached hydrogen (secondary N) is 1.